The van der Waals surface area contributed by atoms with Crippen molar-refractivity contribution in [1.29, 1.82) is 0 Å². The Hall–Kier alpha value is -0.940. The molecule has 0 fully saturated rings. The summed E-state index contributed by atoms with van der Waals surface area (Å²) in [6.07, 6.45) is -1.36. The first-order valence-electron chi connectivity index (χ1n) is 6.43. The average molecular weight is 269 g/mol. The molecule has 0 saturated heterocycles. The van der Waals surface area contributed by atoms with Crippen LogP contribution in [0.3, 0.4) is 0 Å². The van der Waals surface area contributed by atoms with Crippen molar-refractivity contribution in [2.24, 2.45) is 0 Å². The molecule has 0 aromatic rings. The van der Waals surface area contributed by atoms with Crippen molar-refractivity contribution in [3.05, 3.63) is 0 Å². The van der Waals surface area contributed by atoms with Crippen molar-refractivity contribution in [2.45, 2.75) is 58.0 Å². The van der Waals surface area contributed by atoms with Gasteiger partial charge in [0.15, 0.2) is 0 Å². The third-order valence-corrected chi connectivity index (χ3v) is 2.39. The Morgan fingerprint density at radius 2 is 1.78 bits per heavy atom. The number of rotatable bonds is 9. The van der Waals surface area contributed by atoms with Crippen LogP contribution in [-0.4, -0.2) is 25.4 Å². The summed E-state index contributed by atoms with van der Waals surface area (Å²) in [5.41, 5.74) is 0. The number of hydrogen-bond donors (Lipinski definition) is 1. The van der Waals surface area contributed by atoms with Gasteiger partial charge in [0.2, 0.25) is 0 Å². The van der Waals surface area contributed by atoms with E-state index in [1.54, 1.807) is 0 Å². The van der Waals surface area contributed by atoms with E-state index in [0.29, 0.717) is 32.4 Å². The first-order valence-corrected chi connectivity index (χ1v) is 6.43. The molecule has 6 heteroatoms. The minimum Gasteiger partial charge on any atom is -0.450 e. The standard InChI is InChI=1S/C12H22F3NO2/c1-2-3-10-18-11(17)16-9-7-5-4-6-8-12(13,14)15/h2-10H2,1H3,(H,16,17). The van der Waals surface area contributed by atoms with Gasteiger partial charge in [0.25, 0.3) is 0 Å². The molecule has 0 unspecified atom stereocenters. The SMILES string of the molecule is CCCCOC(=O)NCCCCCCC(F)(F)F. The van der Waals surface area contributed by atoms with Crippen LogP contribution in [0.15, 0.2) is 0 Å². The van der Waals surface area contributed by atoms with E-state index in [4.69, 9.17) is 4.74 Å². The second-order valence-electron chi connectivity index (χ2n) is 4.20. The number of unbranched alkanes of at least 4 members (excludes halogenated alkanes) is 4. The lowest BCUT2D eigenvalue weighted by atomic mass is 10.1. The molecule has 0 bridgehead atoms. The zero-order chi connectivity index (χ0) is 13.9. The Balaban J connectivity index is 3.22. The van der Waals surface area contributed by atoms with Gasteiger partial charge in [-0.15, -0.1) is 0 Å². The lowest BCUT2D eigenvalue weighted by molar-refractivity contribution is -0.135. The quantitative estimate of drug-likeness (QED) is 0.642. The number of carbonyl (C=O) groups is 1. The van der Waals surface area contributed by atoms with Crippen molar-refractivity contribution < 1.29 is 22.7 Å². The average Bonchev–Trinajstić information content (AvgIpc) is 2.26. The summed E-state index contributed by atoms with van der Waals surface area (Å²) in [5, 5.41) is 2.57. The summed E-state index contributed by atoms with van der Waals surface area (Å²) in [5.74, 6) is 0. The molecule has 0 spiro atoms. The van der Waals surface area contributed by atoms with Crippen LogP contribution in [0.25, 0.3) is 0 Å². The molecule has 0 atom stereocenters. The molecule has 1 amide bonds. The molecule has 0 saturated carbocycles. The van der Waals surface area contributed by atoms with Crippen molar-refractivity contribution in [1.82, 2.24) is 5.32 Å². The van der Waals surface area contributed by atoms with Crippen molar-refractivity contribution >= 4 is 6.09 Å². The third-order valence-electron chi connectivity index (χ3n) is 2.39. The van der Waals surface area contributed by atoms with Gasteiger partial charge in [-0.25, -0.2) is 4.79 Å². The number of hydrogen-bond acceptors (Lipinski definition) is 2. The maximum atomic E-state index is 11.8. The van der Waals surface area contributed by atoms with Crippen LogP contribution in [0.4, 0.5) is 18.0 Å². The van der Waals surface area contributed by atoms with Gasteiger partial charge in [0.05, 0.1) is 6.61 Å². The van der Waals surface area contributed by atoms with Gasteiger partial charge >= 0.3 is 12.3 Å². The highest BCUT2D eigenvalue weighted by Gasteiger charge is 2.25. The largest absolute Gasteiger partial charge is 0.450 e. The van der Waals surface area contributed by atoms with Gasteiger partial charge in [-0.1, -0.05) is 26.2 Å². The Bertz CT molecular complexity index is 220. The molecular formula is C12H22F3NO2. The molecule has 1 N–H and O–H groups in total. The minimum atomic E-state index is -4.05. The summed E-state index contributed by atoms with van der Waals surface area (Å²) < 4.78 is 40.3. The molecular weight excluding hydrogens is 247 g/mol. The van der Waals surface area contributed by atoms with Crippen LogP contribution in [0.5, 0.6) is 0 Å². The van der Waals surface area contributed by atoms with Crippen LogP contribution < -0.4 is 5.32 Å². The Morgan fingerprint density at radius 3 is 2.39 bits per heavy atom. The molecule has 3 nitrogen and oxygen atoms in total. The monoisotopic (exact) mass is 269 g/mol. The summed E-state index contributed by atoms with van der Waals surface area (Å²) in [6.45, 7) is 2.87. The fourth-order valence-electron chi connectivity index (χ4n) is 1.35. The van der Waals surface area contributed by atoms with Gasteiger partial charge in [-0.2, -0.15) is 13.2 Å². The number of alkyl carbamates (subject to hydrolysis) is 1. The van der Waals surface area contributed by atoms with E-state index in [0.717, 1.165) is 12.8 Å². The normalized spacial score (nSPS) is 11.3. The van der Waals surface area contributed by atoms with Crippen LogP contribution >= 0.6 is 0 Å². The number of ether oxygens (including phenoxy) is 1. The highest BCUT2D eigenvalue weighted by molar-refractivity contribution is 5.66. The lowest BCUT2D eigenvalue weighted by Gasteiger charge is -2.07. The number of alkyl halides is 3. The maximum Gasteiger partial charge on any atom is 0.407 e. The van der Waals surface area contributed by atoms with E-state index in [1.165, 1.54) is 0 Å². The summed E-state index contributed by atoms with van der Waals surface area (Å²) >= 11 is 0. The predicted octanol–water partition coefficient (Wildman–Crippen LogP) is 4.03. The first kappa shape index (κ1) is 17.1. The molecule has 0 heterocycles. The number of amides is 1. The number of halogens is 3. The van der Waals surface area contributed by atoms with Gasteiger partial charge in [-0.3, -0.25) is 0 Å². The minimum absolute atomic E-state index is 0.157. The van der Waals surface area contributed by atoms with E-state index in [-0.39, 0.29) is 6.42 Å². The Kier molecular flexibility index (Phi) is 9.50. The summed E-state index contributed by atoms with van der Waals surface area (Å²) in [6, 6.07) is 0. The van der Waals surface area contributed by atoms with E-state index in [9.17, 15) is 18.0 Å². The second kappa shape index (κ2) is 10.0. The lowest BCUT2D eigenvalue weighted by Crippen LogP contribution is -2.25. The van der Waals surface area contributed by atoms with Gasteiger partial charge < -0.3 is 10.1 Å². The first-order chi connectivity index (χ1) is 8.45. The molecule has 0 aliphatic heterocycles. The Morgan fingerprint density at radius 1 is 1.11 bits per heavy atom. The second-order valence-corrected chi connectivity index (χ2v) is 4.20. The number of nitrogens with one attached hydrogen (secondary N) is 1. The highest BCUT2D eigenvalue weighted by atomic mass is 19.4. The fourth-order valence-corrected chi connectivity index (χ4v) is 1.35. The van der Waals surface area contributed by atoms with E-state index in [2.05, 4.69) is 5.32 Å². The summed E-state index contributed by atoms with van der Waals surface area (Å²) in [4.78, 5) is 11.1. The highest BCUT2D eigenvalue weighted by Crippen LogP contribution is 2.22. The topological polar surface area (TPSA) is 38.3 Å². The zero-order valence-electron chi connectivity index (χ0n) is 10.8. The zero-order valence-corrected chi connectivity index (χ0v) is 10.8. The van der Waals surface area contributed by atoms with Gasteiger partial charge in [0.1, 0.15) is 0 Å². The molecule has 0 aliphatic rings. The molecule has 108 valence electrons. The fraction of sp³-hybridized carbons (Fsp3) is 0.917. The van der Waals surface area contributed by atoms with E-state index in [1.807, 2.05) is 6.92 Å². The van der Waals surface area contributed by atoms with Crippen LogP contribution in [0.2, 0.25) is 0 Å². The molecule has 0 aromatic heterocycles. The van der Waals surface area contributed by atoms with E-state index < -0.39 is 18.7 Å². The molecule has 0 aromatic carbocycles. The Labute approximate surface area is 106 Å². The van der Waals surface area contributed by atoms with Crippen LogP contribution in [0.1, 0.15) is 51.9 Å². The summed E-state index contributed by atoms with van der Waals surface area (Å²) in [7, 11) is 0. The molecule has 0 radical (unpaired) electrons. The number of carbonyl (C=O) groups excluding carboxylic acids is 1. The predicted molar refractivity (Wildman–Crippen MR) is 63.4 cm³/mol. The van der Waals surface area contributed by atoms with Crippen molar-refractivity contribution in [3.63, 3.8) is 0 Å². The van der Waals surface area contributed by atoms with Crippen LogP contribution in [-0.2, 0) is 4.74 Å². The van der Waals surface area contributed by atoms with Crippen molar-refractivity contribution in [3.8, 4) is 0 Å². The van der Waals surface area contributed by atoms with Crippen molar-refractivity contribution in [2.75, 3.05) is 13.2 Å². The molecule has 18 heavy (non-hydrogen) atoms. The smallest absolute Gasteiger partial charge is 0.407 e. The van der Waals surface area contributed by atoms with E-state index >= 15 is 0 Å². The molecule has 0 aliphatic carbocycles. The third kappa shape index (κ3) is 13.1. The maximum absolute atomic E-state index is 11.8. The van der Waals surface area contributed by atoms with Gasteiger partial charge in [-0.05, 0) is 19.3 Å². The van der Waals surface area contributed by atoms with Gasteiger partial charge in [0, 0.05) is 13.0 Å². The van der Waals surface area contributed by atoms with Crippen LogP contribution in [0, 0.1) is 0 Å². The molecule has 0 rings (SSSR count).